The number of nitrogens with zero attached hydrogens (tertiary/aromatic N) is 2. The summed E-state index contributed by atoms with van der Waals surface area (Å²) >= 11 is 0. The molecule has 0 aliphatic rings. The second-order valence-corrected chi connectivity index (χ2v) is 6.21. The Morgan fingerprint density at radius 2 is 1.59 bits per heavy atom. The van der Waals surface area contributed by atoms with Crippen molar-refractivity contribution in [3.05, 3.63) is 54.1 Å². The molecule has 1 N–H and O–H groups in total. The highest BCUT2D eigenvalue weighted by molar-refractivity contribution is 5.99. The molecule has 10 heteroatoms. The summed E-state index contributed by atoms with van der Waals surface area (Å²) in [5.41, 5.74) is 0.924. The van der Waals surface area contributed by atoms with Crippen molar-refractivity contribution < 1.29 is 38.4 Å². The average Bonchev–Trinajstić information content (AvgIpc) is 2.82. The van der Waals surface area contributed by atoms with E-state index in [4.69, 9.17) is 18.9 Å². The maximum absolute atomic E-state index is 12.1. The normalized spacial score (nSPS) is 10.2. The maximum atomic E-state index is 12.1. The first kappa shape index (κ1) is 22.3. The molecule has 0 radical (unpaired) electrons. The summed E-state index contributed by atoms with van der Waals surface area (Å²) < 4.78 is 25.7. The number of benzene rings is 2. The molecular weight excluding hydrogens is 420 g/mol. The lowest BCUT2D eigenvalue weighted by Gasteiger charge is -2.13. The molecule has 1 aromatic heterocycles. The van der Waals surface area contributed by atoms with Crippen molar-refractivity contribution in [1.29, 1.82) is 0 Å². The van der Waals surface area contributed by atoms with Gasteiger partial charge in [-0.2, -0.15) is 9.97 Å². The van der Waals surface area contributed by atoms with Gasteiger partial charge in [-0.25, -0.2) is 9.59 Å². The van der Waals surface area contributed by atoms with Crippen molar-refractivity contribution in [3.63, 3.8) is 0 Å². The fraction of sp³-hybridized carbons (Fsp3) is 0.182. The van der Waals surface area contributed by atoms with Crippen molar-refractivity contribution in [2.24, 2.45) is 0 Å². The molecule has 0 saturated carbocycles. The molecule has 10 nitrogen and oxygen atoms in total. The minimum atomic E-state index is -1.20. The van der Waals surface area contributed by atoms with Gasteiger partial charge in [0, 0.05) is 0 Å². The van der Waals surface area contributed by atoms with Gasteiger partial charge in [-0.1, -0.05) is 24.3 Å². The number of esters is 1. The summed E-state index contributed by atoms with van der Waals surface area (Å²) in [4.78, 5) is 31.4. The molecule has 3 rings (SSSR count). The predicted molar refractivity (Wildman–Crippen MR) is 112 cm³/mol. The number of carbonyl (C=O) groups excluding carboxylic acids is 1. The Morgan fingerprint density at radius 1 is 0.938 bits per heavy atom. The lowest BCUT2D eigenvalue weighted by molar-refractivity contribution is -0.142. The number of hydrogen-bond donors (Lipinski definition) is 1. The van der Waals surface area contributed by atoms with Crippen molar-refractivity contribution in [1.82, 2.24) is 9.97 Å². The van der Waals surface area contributed by atoms with Gasteiger partial charge in [0.25, 0.3) is 0 Å². The Hall–Kier alpha value is -4.34. The van der Waals surface area contributed by atoms with E-state index in [1.807, 2.05) is 0 Å². The molecule has 0 unspecified atom stereocenters. The monoisotopic (exact) mass is 440 g/mol. The van der Waals surface area contributed by atoms with Gasteiger partial charge in [-0.15, -0.1) is 0 Å². The summed E-state index contributed by atoms with van der Waals surface area (Å²) in [6.07, 6.45) is 0. The van der Waals surface area contributed by atoms with E-state index in [2.05, 4.69) is 14.7 Å². The van der Waals surface area contributed by atoms with Crippen LogP contribution in [0.15, 0.2) is 48.5 Å². The number of hydrogen-bond acceptors (Lipinski definition) is 9. The number of carbonyl (C=O) groups is 2. The van der Waals surface area contributed by atoms with Crippen LogP contribution in [0.25, 0.3) is 11.1 Å². The Kier molecular flexibility index (Phi) is 7.06. The Labute approximate surface area is 183 Å². The molecule has 0 aliphatic heterocycles. The molecule has 0 bridgehead atoms. The number of carboxylic acid groups (broad SMARTS) is 1. The minimum absolute atomic E-state index is 0.0383. The fourth-order valence-electron chi connectivity index (χ4n) is 2.75. The molecule has 2 aromatic carbocycles. The van der Waals surface area contributed by atoms with Crippen LogP contribution in [-0.2, 0) is 9.53 Å². The summed E-state index contributed by atoms with van der Waals surface area (Å²) in [5, 5.41) is 9.87. The van der Waals surface area contributed by atoms with Gasteiger partial charge in [-0.05, 0) is 29.3 Å². The molecule has 0 fully saturated rings. The Bertz CT molecular complexity index is 1090. The standard InChI is InChI=1S/C22H20N2O8/c1-28-17-11-18(29-2)24-22(23-17)32-16-6-4-5-15(20(16)21(26)27)13-7-9-14(10-8-13)31-12-19(25)30-3/h4-11H,12H2,1-3H3,(H,26,27). The molecule has 0 aliphatic carbocycles. The predicted octanol–water partition coefficient (Wildman–Crippen LogP) is 3.20. The molecule has 32 heavy (non-hydrogen) atoms. The largest absolute Gasteiger partial charge is 0.482 e. The lowest BCUT2D eigenvalue weighted by Crippen LogP contribution is -2.12. The van der Waals surface area contributed by atoms with Gasteiger partial charge < -0.3 is 28.8 Å². The SMILES string of the molecule is COC(=O)COc1ccc(-c2cccc(Oc3nc(OC)cc(OC)n3)c2C(=O)O)cc1. The Morgan fingerprint density at radius 3 is 2.16 bits per heavy atom. The summed E-state index contributed by atoms with van der Waals surface area (Å²) in [5.74, 6) is -0.846. The van der Waals surface area contributed by atoms with Crippen LogP contribution in [-0.4, -0.2) is 54.9 Å². The van der Waals surface area contributed by atoms with Crippen molar-refractivity contribution in [2.75, 3.05) is 27.9 Å². The first-order valence-corrected chi connectivity index (χ1v) is 9.26. The van der Waals surface area contributed by atoms with E-state index in [1.165, 1.54) is 33.5 Å². The van der Waals surface area contributed by atoms with Crippen molar-refractivity contribution >= 4 is 11.9 Å². The van der Waals surface area contributed by atoms with E-state index >= 15 is 0 Å². The van der Waals surface area contributed by atoms with Gasteiger partial charge in [-0.3, -0.25) is 0 Å². The third kappa shape index (κ3) is 5.22. The van der Waals surface area contributed by atoms with Crippen LogP contribution in [0.3, 0.4) is 0 Å². The fourth-order valence-corrected chi connectivity index (χ4v) is 2.75. The summed E-state index contributed by atoms with van der Waals surface area (Å²) in [6, 6.07) is 12.7. The van der Waals surface area contributed by atoms with E-state index in [1.54, 1.807) is 36.4 Å². The highest BCUT2D eigenvalue weighted by Crippen LogP contribution is 2.34. The van der Waals surface area contributed by atoms with Gasteiger partial charge in [0.15, 0.2) is 6.61 Å². The zero-order chi connectivity index (χ0) is 23.1. The first-order chi connectivity index (χ1) is 15.4. The lowest BCUT2D eigenvalue weighted by atomic mass is 9.99. The van der Waals surface area contributed by atoms with Crippen LogP contribution in [0.5, 0.6) is 29.3 Å². The maximum Gasteiger partial charge on any atom is 0.343 e. The molecule has 0 spiro atoms. The number of methoxy groups -OCH3 is 3. The van der Waals surface area contributed by atoms with Crippen LogP contribution >= 0.6 is 0 Å². The van der Waals surface area contributed by atoms with Crippen molar-refractivity contribution in [3.8, 4) is 40.4 Å². The average molecular weight is 440 g/mol. The molecule has 166 valence electrons. The Balaban J connectivity index is 1.93. The van der Waals surface area contributed by atoms with E-state index in [0.717, 1.165) is 0 Å². The zero-order valence-electron chi connectivity index (χ0n) is 17.5. The third-order valence-corrected chi connectivity index (χ3v) is 4.27. The van der Waals surface area contributed by atoms with E-state index < -0.39 is 11.9 Å². The highest BCUT2D eigenvalue weighted by Gasteiger charge is 2.20. The van der Waals surface area contributed by atoms with Gasteiger partial charge in [0.2, 0.25) is 11.8 Å². The number of aromatic nitrogens is 2. The molecule has 3 aromatic rings. The second-order valence-electron chi connectivity index (χ2n) is 6.21. The van der Waals surface area contributed by atoms with Gasteiger partial charge >= 0.3 is 17.9 Å². The zero-order valence-corrected chi connectivity index (χ0v) is 17.5. The second kappa shape index (κ2) is 10.1. The van der Waals surface area contributed by atoms with Crippen LogP contribution in [0.2, 0.25) is 0 Å². The highest BCUT2D eigenvalue weighted by atomic mass is 16.6. The molecule has 0 saturated heterocycles. The molecular formula is C22H20N2O8. The van der Waals surface area contributed by atoms with Crippen LogP contribution in [0, 0.1) is 0 Å². The number of aromatic carboxylic acids is 1. The molecule has 0 atom stereocenters. The first-order valence-electron chi connectivity index (χ1n) is 9.26. The quantitative estimate of drug-likeness (QED) is 0.496. The third-order valence-electron chi connectivity index (χ3n) is 4.27. The topological polar surface area (TPSA) is 126 Å². The van der Waals surface area contributed by atoms with Gasteiger partial charge in [0.05, 0.1) is 27.4 Å². The smallest absolute Gasteiger partial charge is 0.343 e. The molecule has 0 amide bonds. The van der Waals surface area contributed by atoms with E-state index in [0.29, 0.717) is 16.9 Å². The summed E-state index contributed by atoms with van der Waals surface area (Å²) in [7, 11) is 4.12. The number of ether oxygens (including phenoxy) is 5. The number of carboxylic acids is 1. The van der Waals surface area contributed by atoms with Gasteiger partial charge in [0.1, 0.15) is 17.1 Å². The van der Waals surface area contributed by atoms with Crippen LogP contribution in [0.1, 0.15) is 10.4 Å². The van der Waals surface area contributed by atoms with Crippen molar-refractivity contribution in [2.45, 2.75) is 0 Å². The van der Waals surface area contributed by atoms with Crippen LogP contribution < -0.4 is 18.9 Å². The van der Waals surface area contributed by atoms with Crippen LogP contribution in [0.4, 0.5) is 0 Å². The number of rotatable bonds is 9. The van der Waals surface area contributed by atoms with E-state index in [-0.39, 0.29) is 35.7 Å². The minimum Gasteiger partial charge on any atom is -0.482 e. The molecule has 1 heterocycles. The van der Waals surface area contributed by atoms with E-state index in [9.17, 15) is 14.7 Å². The summed E-state index contributed by atoms with van der Waals surface area (Å²) in [6.45, 7) is -0.233.